The van der Waals surface area contributed by atoms with Crippen molar-refractivity contribution in [2.24, 2.45) is 0 Å². The van der Waals surface area contributed by atoms with Crippen molar-refractivity contribution in [2.45, 2.75) is 51.6 Å². The van der Waals surface area contributed by atoms with Crippen LogP contribution in [0.3, 0.4) is 0 Å². The van der Waals surface area contributed by atoms with Crippen LogP contribution < -0.4 is 0 Å². The molecule has 6 heteroatoms. The molecule has 21 heavy (non-hydrogen) atoms. The van der Waals surface area contributed by atoms with Crippen LogP contribution >= 0.6 is 7.60 Å². The molecule has 118 valence electrons. The molecule has 0 aromatic rings. The third-order valence-electron chi connectivity index (χ3n) is 4.13. The van der Waals surface area contributed by atoms with E-state index in [4.69, 9.17) is 9.05 Å². The predicted molar refractivity (Wildman–Crippen MR) is 80.0 cm³/mol. The number of methoxy groups -OCH3 is 1. The molecule has 1 atom stereocenters. The molecule has 1 aliphatic heterocycles. The van der Waals surface area contributed by atoms with Crippen LogP contribution in [-0.2, 0) is 23.1 Å². The number of carbonyl (C=O) groups is 1. The monoisotopic (exact) mass is 314 g/mol. The van der Waals surface area contributed by atoms with Gasteiger partial charge in [0.05, 0.1) is 13.7 Å². The highest BCUT2D eigenvalue weighted by atomic mass is 31.2. The van der Waals surface area contributed by atoms with Crippen molar-refractivity contribution in [1.82, 2.24) is 0 Å². The number of esters is 1. The summed E-state index contributed by atoms with van der Waals surface area (Å²) in [4.78, 5) is 11.4. The topological polar surface area (TPSA) is 61.8 Å². The zero-order valence-corrected chi connectivity index (χ0v) is 13.8. The van der Waals surface area contributed by atoms with Crippen LogP contribution in [0.15, 0.2) is 23.0 Å². The van der Waals surface area contributed by atoms with E-state index < -0.39 is 19.2 Å². The SMILES string of the molecule is CCOP1(=O)OC2(CCCCC2)C(/C=C/C(=O)OC)=C1C. The van der Waals surface area contributed by atoms with Crippen LogP contribution in [0.25, 0.3) is 0 Å². The molecular weight excluding hydrogens is 291 g/mol. The molecule has 5 nitrogen and oxygen atoms in total. The third kappa shape index (κ3) is 3.15. The summed E-state index contributed by atoms with van der Waals surface area (Å²) in [6, 6.07) is 0. The Bertz CT molecular complexity index is 514. The third-order valence-corrected chi connectivity index (χ3v) is 6.38. The molecule has 1 heterocycles. The lowest BCUT2D eigenvalue weighted by Gasteiger charge is -2.34. The smallest absolute Gasteiger partial charge is 0.358 e. The average molecular weight is 314 g/mol. The highest BCUT2D eigenvalue weighted by molar-refractivity contribution is 7.58. The quantitative estimate of drug-likeness (QED) is 0.446. The van der Waals surface area contributed by atoms with E-state index in [-0.39, 0.29) is 0 Å². The zero-order valence-electron chi connectivity index (χ0n) is 12.9. The second-order valence-electron chi connectivity index (χ2n) is 5.42. The van der Waals surface area contributed by atoms with Crippen LogP contribution in [-0.4, -0.2) is 25.3 Å². The van der Waals surface area contributed by atoms with Crippen LogP contribution in [0.1, 0.15) is 46.0 Å². The first kappa shape index (κ1) is 16.5. The highest BCUT2D eigenvalue weighted by Gasteiger charge is 2.51. The van der Waals surface area contributed by atoms with Crippen LogP contribution in [0, 0.1) is 0 Å². The molecule has 0 radical (unpaired) electrons. The first-order valence-electron chi connectivity index (χ1n) is 7.41. The molecule has 2 rings (SSSR count). The molecular formula is C15H23O5P. The molecule has 0 amide bonds. The maximum absolute atomic E-state index is 12.9. The van der Waals surface area contributed by atoms with Crippen LogP contribution in [0.4, 0.5) is 0 Å². The molecule has 0 aromatic carbocycles. The average Bonchev–Trinajstić information content (AvgIpc) is 2.66. The van der Waals surface area contributed by atoms with Gasteiger partial charge in [-0.15, -0.1) is 0 Å². The number of hydrogen-bond acceptors (Lipinski definition) is 5. The first-order valence-corrected chi connectivity index (χ1v) is 8.95. The molecule has 2 aliphatic rings. The summed E-state index contributed by atoms with van der Waals surface area (Å²) < 4.78 is 28.9. The summed E-state index contributed by atoms with van der Waals surface area (Å²) in [5, 5.41) is 0.617. The fraction of sp³-hybridized carbons (Fsp3) is 0.667. The van der Waals surface area contributed by atoms with Crippen molar-refractivity contribution in [3.05, 3.63) is 23.0 Å². The van der Waals surface area contributed by atoms with Crippen molar-refractivity contribution < 1.29 is 23.1 Å². The summed E-state index contributed by atoms with van der Waals surface area (Å²) in [5.74, 6) is -0.431. The van der Waals surface area contributed by atoms with Crippen molar-refractivity contribution in [2.75, 3.05) is 13.7 Å². The Kier molecular flexibility index (Phi) is 5.07. The Morgan fingerprint density at radius 2 is 2.05 bits per heavy atom. The van der Waals surface area contributed by atoms with Gasteiger partial charge in [0.1, 0.15) is 5.60 Å². The molecule has 1 spiro atoms. The fourth-order valence-corrected chi connectivity index (χ4v) is 5.13. The Labute approximate surface area is 125 Å². The van der Waals surface area contributed by atoms with E-state index in [2.05, 4.69) is 4.74 Å². The van der Waals surface area contributed by atoms with Gasteiger partial charge >= 0.3 is 13.6 Å². The van der Waals surface area contributed by atoms with E-state index in [1.165, 1.54) is 13.2 Å². The lowest BCUT2D eigenvalue weighted by atomic mass is 9.79. The van der Waals surface area contributed by atoms with Gasteiger partial charge in [0.25, 0.3) is 0 Å². The molecule has 1 aliphatic carbocycles. The minimum absolute atomic E-state index is 0.332. The number of ether oxygens (including phenoxy) is 1. The van der Waals surface area contributed by atoms with E-state index in [9.17, 15) is 9.36 Å². The largest absolute Gasteiger partial charge is 0.466 e. The van der Waals surface area contributed by atoms with Gasteiger partial charge in [-0.25, -0.2) is 4.79 Å². The maximum Gasteiger partial charge on any atom is 0.358 e. The van der Waals surface area contributed by atoms with Crippen molar-refractivity contribution in [3.63, 3.8) is 0 Å². The predicted octanol–water partition coefficient (Wildman–Crippen LogP) is 3.95. The number of hydrogen-bond donors (Lipinski definition) is 0. The van der Waals surface area contributed by atoms with Gasteiger partial charge in [-0.2, -0.15) is 0 Å². The number of allylic oxidation sites excluding steroid dienone is 1. The van der Waals surface area contributed by atoms with Gasteiger partial charge in [0, 0.05) is 11.4 Å². The second kappa shape index (κ2) is 6.47. The van der Waals surface area contributed by atoms with E-state index in [1.54, 1.807) is 19.9 Å². The van der Waals surface area contributed by atoms with Crippen LogP contribution in [0.2, 0.25) is 0 Å². The summed E-state index contributed by atoms with van der Waals surface area (Å²) in [6.07, 6.45) is 7.86. The first-order chi connectivity index (χ1) is 9.97. The van der Waals surface area contributed by atoms with E-state index in [0.29, 0.717) is 11.9 Å². The molecule has 1 fully saturated rings. The molecule has 1 saturated carbocycles. The molecule has 0 aromatic heterocycles. The molecule has 0 bridgehead atoms. The van der Waals surface area contributed by atoms with Gasteiger partial charge in [-0.1, -0.05) is 19.3 Å². The highest BCUT2D eigenvalue weighted by Crippen LogP contribution is 2.68. The van der Waals surface area contributed by atoms with E-state index in [1.807, 2.05) is 0 Å². The minimum Gasteiger partial charge on any atom is -0.466 e. The van der Waals surface area contributed by atoms with Crippen LogP contribution in [0.5, 0.6) is 0 Å². The van der Waals surface area contributed by atoms with E-state index in [0.717, 1.165) is 37.7 Å². The Balaban J connectivity index is 2.40. The Morgan fingerprint density at radius 3 is 2.62 bits per heavy atom. The standard InChI is InChI=1S/C15H23O5P/c1-4-19-21(17)12(2)13(8-9-14(16)18-3)15(20-21)10-6-5-7-11-15/h8-9H,4-7,10-11H2,1-3H3/b9-8+. The number of carbonyl (C=O) groups excluding carboxylic acids is 1. The Morgan fingerprint density at radius 1 is 1.38 bits per heavy atom. The Hall–Kier alpha value is -0.900. The van der Waals surface area contributed by atoms with E-state index >= 15 is 0 Å². The minimum atomic E-state index is -3.24. The lowest BCUT2D eigenvalue weighted by molar-refractivity contribution is -0.134. The lowest BCUT2D eigenvalue weighted by Crippen LogP contribution is -2.32. The summed E-state index contributed by atoms with van der Waals surface area (Å²) in [6.45, 7) is 3.90. The summed E-state index contributed by atoms with van der Waals surface area (Å²) >= 11 is 0. The number of rotatable bonds is 4. The summed E-state index contributed by atoms with van der Waals surface area (Å²) in [5.41, 5.74) is 0.252. The maximum atomic E-state index is 12.9. The molecule has 1 unspecified atom stereocenters. The van der Waals surface area contributed by atoms with Gasteiger partial charge in [-0.3, -0.25) is 9.09 Å². The normalized spacial score (nSPS) is 28.5. The summed E-state index contributed by atoms with van der Waals surface area (Å²) in [7, 11) is -1.91. The molecule has 0 N–H and O–H groups in total. The molecule has 0 saturated heterocycles. The van der Waals surface area contributed by atoms with Gasteiger partial charge in [0.15, 0.2) is 0 Å². The van der Waals surface area contributed by atoms with Gasteiger partial charge in [-0.05, 0) is 38.3 Å². The fourth-order valence-electron chi connectivity index (χ4n) is 3.09. The second-order valence-corrected chi connectivity index (χ2v) is 7.52. The van der Waals surface area contributed by atoms with Gasteiger partial charge in [0.2, 0.25) is 0 Å². The van der Waals surface area contributed by atoms with Crippen molar-refractivity contribution in [1.29, 1.82) is 0 Å². The van der Waals surface area contributed by atoms with Gasteiger partial charge < -0.3 is 9.26 Å². The van der Waals surface area contributed by atoms with Crippen molar-refractivity contribution >= 4 is 13.6 Å². The van der Waals surface area contributed by atoms with Crippen molar-refractivity contribution in [3.8, 4) is 0 Å². The zero-order chi connectivity index (χ0) is 15.5.